The number of ether oxygens (including phenoxy) is 2. The number of anilines is 1. The molecule has 202 valence electrons. The predicted octanol–water partition coefficient (Wildman–Crippen LogP) is 2.24. The van der Waals surface area contributed by atoms with Gasteiger partial charge in [-0.2, -0.15) is 4.31 Å². The summed E-state index contributed by atoms with van der Waals surface area (Å²) in [5.74, 6) is -1.44. The smallest absolute Gasteiger partial charge is 0.329 e. The largest absolute Gasteiger partial charge is 0.454 e. The van der Waals surface area contributed by atoms with Crippen LogP contribution in [0.3, 0.4) is 0 Å². The molecule has 0 spiro atoms. The zero-order chi connectivity index (χ0) is 27.2. The number of amides is 1. The zero-order valence-electron chi connectivity index (χ0n) is 21.6. The van der Waals surface area contributed by atoms with Gasteiger partial charge in [0.25, 0.3) is 11.6 Å². The van der Waals surface area contributed by atoms with Crippen molar-refractivity contribution >= 4 is 33.3 Å². The molecule has 1 aromatic rings. The monoisotopic (exact) mass is 528 g/mol. The van der Waals surface area contributed by atoms with Crippen molar-refractivity contribution in [3.05, 3.63) is 28.3 Å². The molecule has 1 aliphatic heterocycles. The molecule has 1 heterocycles. The fraction of sp³-hybridized carbons (Fsp3) is 0.652. The van der Waals surface area contributed by atoms with Gasteiger partial charge in [-0.25, -0.2) is 13.2 Å². The molecule has 0 aromatic heterocycles. The second-order valence-electron chi connectivity index (χ2n) is 9.41. The molecule has 0 unspecified atom stereocenters. The highest BCUT2D eigenvalue weighted by Gasteiger charge is 2.32. The third-order valence-corrected chi connectivity index (χ3v) is 7.64. The molecule has 13 heteroatoms. The molecule has 1 saturated heterocycles. The third-order valence-electron chi connectivity index (χ3n) is 5.74. The average molecular weight is 529 g/mol. The van der Waals surface area contributed by atoms with E-state index in [1.165, 1.54) is 16.4 Å². The number of carbonyl (C=O) groups excluding carboxylic acids is 2. The van der Waals surface area contributed by atoms with E-state index in [2.05, 4.69) is 5.32 Å². The molecule has 1 fully saturated rings. The fourth-order valence-corrected chi connectivity index (χ4v) is 5.44. The lowest BCUT2D eigenvalue weighted by atomic mass is 10.0. The van der Waals surface area contributed by atoms with Crippen LogP contribution in [-0.4, -0.2) is 85.5 Å². The van der Waals surface area contributed by atoms with Crippen LogP contribution in [-0.2, 0) is 29.1 Å². The van der Waals surface area contributed by atoms with Crippen LogP contribution >= 0.6 is 0 Å². The van der Waals surface area contributed by atoms with E-state index in [-0.39, 0.29) is 60.8 Å². The number of nitro benzene ring substituents is 1. The van der Waals surface area contributed by atoms with Gasteiger partial charge in [0.1, 0.15) is 11.7 Å². The minimum absolute atomic E-state index is 0.0334. The second kappa shape index (κ2) is 12.5. The first kappa shape index (κ1) is 29.5. The van der Waals surface area contributed by atoms with Gasteiger partial charge in [0.2, 0.25) is 10.0 Å². The number of nitro groups is 1. The lowest BCUT2D eigenvalue weighted by molar-refractivity contribution is -0.384. The fourth-order valence-electron chi connectivity index (χ4n) is 4.02. The molecular formula is C23H36N4O8S. The first-order valence-electron chi connectivity index (χ1n) is 11.9. The van der Waals surface area contributed by atoms with Crippen molar-refractivity contribution in [2.75, 3.05) is 38.2 Å². The van der Waals surface area contributed by atoms with E-state index in [0.717, 1.165) is 6.07 Å². The van der Waals surface area contributed by atoms with Crippen molar-refractivity contribution in [3.8, 4) is 0 Å². The normalized spacial score (nSPS) is 15.7. The van der Waals surface area contributed by atoms with E-state index in [4.69, 9.17) is 9.47 Å². The minimum Gasteiger partial charge on any atom is -0.454 e. The maximum absolute atomic E-state index is 12.9. The van der Waals surface area contributed by atoms with Gasteiger partial charge in [-0.05, 0) is 45.7 Å². The summed E-state index contributed by atoms with van der Waals surface area (Å²) in [6.45, 7) is 11.2. The Morgan fingerprint density at radius 1 is 1.14 bits per heavy atom. The summed E-state index contributed by atoms with van der Waals surface area (Å²) >= 11 is 0. The first-order valence-corrected chi connectivity index (χ1v) is 13.3. The lowest BCUT2D eigenvalue weighted by Gasteiger charge is -2.31. The minimum atomic E-state index is -3.95. The molecule has 0 aliphatic carbocycles. The summed E-state index contributed by atoms with van der Waals surface area (Å²) in [5, 5.41) is 14.6. The van der Waals surface area contributed by atoms with E-state index in [0.29, 0.717) is 0 Å². The molecule has 36 heavy (non-hydrogen) atoms. The second-order valence-corrected chi connectivity index (χ2v) is 11.4. The Hall–Kier alpha value is -2.77. The Bertz CT molecular complexity index is 1040. The van der Waals surface area contributed by atoms with Crippen molar-refractivity contribution in [2.45, 2.75) is 64.6 Å². The van der Waals surface area contributed by atoms with Crippen molar-refractivity contribution in [1.82, 2.24) is 9.21 Å². The standard InChI is InChI=1S/C23H36N4O8S/c1-15(2)22(23(29)35-14-21(28)26(16(3)4)17(5)6)24-19-8-7-18(13-20(19)27(30)31)36(32,33)25-9-11-34-12-10-25/h7-8,13,15-17,22,24H,9-12,14H2,1-6H3/t22-/m0/s1. The van der Waals surface area contributed by atoms with Gasteiger partial charge in [-0.3, -0.25) is 14.9 Å². The van der Waals surface area contributed by atoms with Crippen molar-refractivity contribution < 1.29 is 32.4 Å². The van der Waals surface area contributed by atoms with Gasteiger partial charge in [0.05, 0.1) is 23.0 Å². The number of sulfonamides is 1. The molecule has 1 atom stereocenters. The van der Waals surface area contributed by atoms with Crippen LogP contribution in [0.2, 0.25) is 0 Å². The van der Waals surface area contributed by atoms with Gasteiger partial charge in [0.15, 0.2) is 6.61 Å². The van der Waals surface area contributed by atoms with Crippen LogP contribution < -0.4 is 5.32 Å². The molecule has 1 aromatic carbocycles. The summed E-state index contributed by atoms with van der Waals surface area (Å²) in [4.78, 5) is 37.8. The number of nitrogens with one attached hydrogen (secondary N) is 1. The summed E-state index contributed by atoms with van der Waals surface area (Å²) in [6.07, 6.45) is 0. The molecule has 2 rings (SSSR count). The number of rotatable bonds is 11. The Morgan fingerprint density at radius 2 is 1.72 bits per heavy atom. The maximum atomic E-state index is 12.9. The summed E-state index contributed by atoms with van der Waals surface area (Å²) in [7, 11) is -3.95. The molecule has 0 radical (unpaired) electrons. The SMILES string of the molecule is CC(C)[C@H](Nc1ccc(S(=O)(=O)N2CCOCC2)cc1[N+](=O)[O-])C(=O)OCC(=O)N(C(C)C)C(C)C. The topological polar surface area (TPSA) is 148 Å². The molecule has 1 amide bonds. The highest BCUT2D eigenvalue weighted by atomic mass is 32.2. The zero-order valence-corrected chi connectivity index (χ0v) is 22.4. The molecule has 0 bridgehead atoms. The van der Waals surface area contributed by atoms with E-state index in [1.807, 2.05) is 27.7 Å². The van der Waals surface area contributed by atoms with Crippen molar-refractivity contribution in [3.63, 3.8) is 0 Å². The summed E-state index contributed by atoms with van der Waals surface area (Å²) in [6, 6.07) is 2.33. The van der Waals surface area contributed by atoms with Gasteiger partial charge in [-0.1, -0.05) is 13.8 Å². The van der Waals surface area contributed by atoms with E-state index in [9.17, 15) is 28.1 Å². The van der Waals surface area contributed by atoms with Crippen LogP contribution in [0.25, 0.3) is 0 Å². The van der Waals surface area contributed by atoms with E-state index < -0.39 is 39.3 Å². The molecule has 12 nitrogen and oxygen atoms in total. The number of nitrogens with zero attached hydrogens (tertiary/aromatic N) is 3. The quantitative estimate of drug-likeness (QED) is 0.259. The number of esters is 1. The van der Waals surface area contributed by atoms with Crippen LogP contribution in [0.5, 0.6) is 0 Å². The van der Waals surface area contributed by atoms with Crippen LogP contribution in [0.1, 0.15) is 41.5 Å². The Labute approximate surface area is 212 Å². The van der Waals surface area contributed by atoms with E-state index >= 15 is 0 Å². The van der Waals surface area contributed by atoms with Gasteiger partial charge >= 0.3 is 5.97 Å². The van der Waals surface area contributed by atoms with Crippen molar-refractivity contribution in [1.29, 1.82) is 0 Å². The summed E-state index contributed by atoms with van der Waals surface area (Å²) in [5.41, 5.74) is -0.529. The van der Waals surface area contributed by atoms with Crippen LogP contribution in [0.15, 0.2) is 23.1 Å². The lowest BCUT2D eigenvalue weighted by Crippen LogP contribution is -2.45. The highest BCUT2D eigenvalue weighted by Crippen LogP contribution is 2.30. The molecule has 1 N–H and O–H groups in total. The van der Waals surface area contributed by atoms with Crippen molar-refractivity contribution in [2.24, 2.45) is 5.92 Å². The maximum Gasteiger partial charge on any atom is 0.329 e. The number of hydrogen-bond acceptors (Lipinski definition) is 9. The molecule has 0 saturated carbocycles. The number of hydrogen-bond donors (Lipinski definition) is 1. The average Bonchev–Trinajstić information content (AvgIpc) is 2.80. The van der Waals surface area contributed by atoms with Gasteiger partial charge in [-0.15, -0.1) is 0 Å². The Morgan fingerprint density at radius 3 is 2.22 bits per heavy atom. The molecule has 1 aliphatic rings. The summed E-state index contributed by atoms with van der Waals surface area (Å²) < 4.78 is 37.5. The number of benzene rings is 1. The molecular weight excluding hydrogens is 492 g/mol. The third kappa shape index (κ3) is 7.14. The number of morpholine rings is 1. The van der Waals surface area contributed by atoms with Crippen LogP contribution in [0.4, 0.5) is 11.4 Å². The Kier molecular flexibility index (Phi) is 10.2. The predicted molar refractivity (Wildman–Crippen MR) is 133 cm³/mol. The van der Waals surface area contributed by atoms with Gasteiger partial charge in [0, 0.05) is 31.2 Å². The van der Waals surface area contributed by atoms with Crippen LogP contribution in [0, 0.1) is 16.0 Å². The van der Waals surface area contributed by atoms with Gasteiger partial charge < -0.3 is 19.7 Å². The highest BCUT2D eigenvalue weighted by molar-refractivity contribution is 7.89. The number of carbonyl (C=O) groups is 2. The Balaban J connectivity index is 2.24. The first-order chi connectivity index (χ1) is 16.8. The van der Waals surface area contributed by atoms with E-state index in [1.54, 1.807) is 18.7 Å².